The first-order chi connectivity index (χ1) is 34.2. The zero-order valence-corrected chi connectivity index (χ0v) is 37.7. The predicted octanol–water partition coefficient (Wildman–Crippen LogP) is 19.0. The third-order valence-corrected chi connectivity index (χ3v) is 13.6. The maximum atomic E-state index is 7.10. The Bertz CT molecular complexity index is 3980. The van der Waals surface area contributed by atoms with E-state index < -0.39 is 0 Å². The van der Waals surface area contributed by atoms with Crippen molar-refractivity contribution in [3.8, 4) is 33.4 Å². The molecule has 324 valence electrons. The monoisotopic (exact) mass is 880 g/mol. The van der Waals surface area contributed by atoms with E-state index in [1.807, 2.05) is 0 Å². The largest absolute Gasteiger partial charge is 0.454 e. The van der Waals surface area contributed by atoms with Crippen LogP contribution in [0.2, 0.25) is 0 Å². The van der Waals surface area contributed by atoms with E-state index in [4.69, 9.17) is 4.42 Å². The predicted molar refractivity (Wildman–Crippen MR) is 292 cm³/mol. The second-order valence-electron chi connectivity index (χ2n) is 17.6. The number of hydrogen-bond donors (Lipinski definition) is 0. The highest BCUT2D eigenvalue weighted by Gasteiger charge is 2.25. The number of para-hydroxylation sites is 1. The Labute approximate surface area is 401 Å². The summed E-state index contributed by atoms with van der Waals surface area (Å²) in [5, 5.41) is 9.26. The van der Waals surface area contributed by atoms with Gasteiger partial charge in [0.25, 0.3) is 0 Å². The van der Waals surface area contributed by atoms with Crippen LogP contribution < -0.4 is 9.80 Å². The van der Waals surface area contributed by atoms with Gasteiger partial charge in [-0.15, -0.1) is 0 Å². The summed E-state index contributed by atoms with van der Waals surface area (Å²) < 4.78 is 7.10. The second kappa shape index (κ2) is 16.9. The van der Waals surface area contributed by atoms with E-state index in [2.05, 4.69) is 277 Å². The molecule has 0 radical (unpaired) electrons. The van der Waals surface area contributed by atoms with E-state index in [0.717, 1.165) is 88.9 Å². The third kappa shape index (κ3) is 7.08. The molecule has 0 unspecified atom stereocenters. The molecule has 0 aliphatic carbocycles. The molecular weight excluding hydrogens is 837 g/mol. The molecule has 3 heteroatoms. The van der Waals surface area contributed by atoms with Gasteiger partial charge in [0, 0.05) is 38.9 Å². The quantitative estimate of drug-likeness (QED) is 0.144. The molecule has 0 saturated heterocycles. The fourth-order valence-corrected chi connectivity index (χ4v) is 10.4. The molecule has 13 rings (SSSR count). The molecule has 13 aromatic rings. The van der Waals surface area contributed by atoms with Crippen LogP contribution in [0.4, 0.5) is 34.1 Å². The highest BCUT2D eigenvalue weighted by molar-refractivity contribution is 6.29. The van der Waals surface area contributed by atoms with Gasteiger partial charge >= 0.3 is 0 Å². The maximum absolute atomic E-state index is 7.10. The Morgan fingerprint density at radius 1 is 0.261 bits per heavy atom. The van der Waals surface area contributed by atoms with Crippen molar-refractivity contribution in [3.63, 3.8) is 0 Å². The summed E-state index contributed by atoms with van der Waals surface area (Å²) in [5.41, 5.74) is 15.2. The van der Waals surface area contributed by atoms with E-state index in [-0.39, 0.29) is 0 Å². The van der Waals surface area contributed by atoms with Crippen LogP contribution >= 0.6 is 0 Å². The molecule has 0 spiro atoms. The lowest BCUT2D eigenvalue weighted by Gasteiger charge is -2.28. The van der Waals surface area contributed by atoms with Crippen molar-refractivity contribution in [2.75, 3.05) is 9.80 Å². The van der Waals surface area contributed by atoms with Crippen molar-refractivity contribution >= 4 is 88.4 Å². The topological polar surface area (TPSA) is 19.6 Å². The van der Waals surface area contributed by atoms with E-state index in [0.29, 0.717) is 0 Å². The number of rotatable bonds is 9. The first-order valence-electron chi connectivity index (χ1n) is 23.6. The molecule has 1 heterocycles. The highest BCUT2D eigenvalue weighted by atomic mass is 16.3. The average molecular weight is 881 g/mol. The molecule has 0 fully saturated rings. The summed E-state index contributed by atoms with van der Waals surface area (Å²) in [6, 6.07) is 95.9. The Kier molecular flexibility index (Phi) is 9.84. The number of fused-ring (bicyclic) bond motifs is 8. The standard InChI is InChI=1S/C66H44N2O/c1-4-16-45(17-5-1)47-28-35-53(36-29-47)67(52-22-8-3-9-23-52)54-39-32-50(33-40-54)56-41-42-61(60-27-15-14-26-59(56)60)68(55-37-30-48(31-38-55)46-18-6-2-7-19-46)62-44-51-21-11-13-25-58(51)65-64-57-24-12-10-20-49(57)34-43-63(64)69-66(62)65/h1-44H. The average Bonchev–Trinajstić information content (AvgIpc) is 3.84. The van der Waals surface area contributed by atoms with Crippen molar-refractivity contribution in [1.82, 2.24) is 0 Å². The fraction of sp³-hybridized carbons (Fsp3) is 0. The lowest BCUT2D eigenvalue weighted by atomic mass is 9.95. The molecule has 1 aromatic heterocycles. The smallest absolute Gasteiger partial charge is 0.160 e. The van der Waals surface area contributed by atoms with Crippen molar-refractivity contribution in [2.24, 2.45) is 0 Å². The Balaban J connectivity index is 0.969. The van der Waals surface area contributed by atoms with Gasteiger partial charge in [-0.05, 0) is 127 Å². The summed E-state index contributed by atoms with van der Waals surface area (Å²) in [6.07, 6.45) is 0. The van der Waals surface area contributed by atoms with Gasteiger partial charge < -0.3 is 14.2 Å². The SMILES string of the molecule is c1ccc(-c2ccc(N(c3ccccc3)c3ccc(-c4ccc(N(c5ccc(-c6ccccc6)cc5)c5cc6ccccc6c6c5oc5ccc7ccccc7c56)c5ccccc45)cc3)cc2)cc1. The van der Waals surface area contributed by atoms with Crippen LogP contribution in [0.25, 0.3) is 87.6 Å². The summed E-state index contributed by atoms with van der Waals surface area (Å²) in [5.74, 6) is 0. The second-order valence-corrected chi connectivity index (χ2v) is 17.6. The number of hydrogen-bond acceptors (Lipinski definition) is 3. The number of anilines is 6. The van der Waals surface area contributed by atoms with Gasteiger partial charge in [0.2, 0.25) is 0 Å². The molecule has 12 aromatic carbocycles. The van der Waals surface area contributed by atoms with Crippen LogP contribution in [0.5, 0.6) is 0 Å². The van der Waals surface area contributed by atoms with Crippen LogP contribution in [-0.2, 0) is 0 Å². The normalized spacial score (nSPS) is 11.5. The lowest BCUT2D eigenvalue weighted by Crippen LogP contribution is -2.11. The molecule has 0 atom stereocenters. The zero-order valence-electron chi connectivity index (χ0n) is 37.7. The summed E-state index contributed by atoms with van der Waals surface area (Å²) in [7, 11) is 0. The van der Waals surface area contributed by atoms with Crippen molar-refractivity contribution in [3.05, 3.63) is 267 Å². The lowest BCUT2D eigenvalue weighted by molar-refractivity contribution is 0.669. The molecule has 0 N–H and O–H groups in total. The number of furan rings is 1. The molecule has 0 aliphatic heterocycles. The van der Waals surface area contributed by atoms with Gasteiger partial charge in [-0.25, -0.2) is 0 Å². The van der Waals surface area contributed by atoms with Gasteiger partial charge in [0.1, 0.15) is 5.58 Å². The molecular formula is C66H44N2O. The van der Waals surface area contributed by atoms with Gasteiger partial charge in [-0.2, -0.15) is 0 Å². The zero-order chi connectivity index (χ0) is 45.7. The van der Waals surface area contributed by atoms with Crippen LogP contribution in [0.1, 0.15) is 0 Å². The molecule has 0 amide bonds. The highest BCUT2D eigenvalue weighted by Crippen LogP contribution is 2.49. The molecule has 0 saturated carbocycles. The van der Waals surface area contributed by atoms with Crippen molar-refractivity contribution in [1.29, 1.82) is 0 Å². The summed E-state index contributed by atoms with van der Waals surface area (Å²) in [4.78, 5) is 4.73. The summed E-state index contributed by atoms with van der Waals surface area (Å²) >= 11 is 0. The van der Waals surface area contributed by atoms with E-state index in [1.165, 1.54) is 32.8 Å². The van der Waals surface area contributed by atoms with E-state index in [1.54, 1.807) is 0 Å². The van der Waals surface area contributed by atoms with Gasteiger partial charge in [-0.1, -0.05) is 200 Å². The first kappa shape index (κ1) is 40.1. The first-order valence-corrected chi connectivity index (χ1v) is 23.6. The maximum Gasteiger partial charge on any atom is 0.160 e. The van der Waals surface area contributed by atoms with Crippen LogP contribution in [0.15, 0.2) is 271 Å². The number of benzene rings is 12. The number of nitrogens with zero attached hydrogens (tertiary/aromatic N) is 2. The van der Waals surface area contributed by atoms with Crippen LogP contribution in [0, 0.1) is 0 Å². The molecule has 0 aliphatic rings. The Hall–Kier alpha value is -9.18. The minimum atomic E-state index is 0.855. The van der Waals surface area contributed by atoms with Crippen LogP contribution in [0.3, 0.4) is 0 Å². The molecule has 69 heavy (non-hydrogen) atoms. The Morgan fingerprint density at radius 3 is 1.32 bits per heavy atom. The van der Waals surface area contributed by atoms with E-state index >= 15 is 0 Å². The minimum Gasteiger partial charge on any atom is -0.454 e. The molecule has 3 nitrogen and oxygen atoms in total. The third-order valence-electron chi connectivity index (χ3n) is 13.6. The van der Waals surface area contributed by atoms with Crippen molar-refractivity contribution in [2.45, 2.75) is 0 Å². The minimum absolute atomic E-state index is 0.855. The molecule has 0 bridgehead atoms. The Morgan fingerprint density at radius 2 is 0.710 bits per heavy atom. The van der Waals surface area contributed by atoms with Gasteiger partial charge in [0.05, 0.1) is 11.4 Å². The van der Waals surface area contributed by atoms with Gasteiger partial charge in [-0.3, -0.25) is 0 Å². The fourth-order valence-electron chi connectivity index (χ4n) is 10.4. The van der Waals surface area contributed by atoms with Gasteiger partial charge in [0.15, 0.2) is 5.58 Å². The van der Waals surface area contributed by atoms with Crippen molar-refractivity contribution < 1.29 is 4.42 Å². The summed E-state index contributed by atoms with van der Waals surface area (Å²) in [6.45, 7) is 0. The van der Waals surface area contributed by atoms with E-state index in [9.17, 15) is 0 Å². The van der Waals surface area contributed by atoms with Crippen LogP contribution in [-0.4, -0.2) is 0 Å².